The maximum atomic E-state index is 5.88. The first kappa shape index (κ1) is 9.93. The third-order valence-electron chi connectivity index (χ3n) is 2.00. The molecule has 4 heteroatoms. The van der Waals surface area contributed by atoms with E-state index in [-0.39, 0.29) is 0 Å². The Labute approximate surface area is 92.9 Å². The molecule has 0 fully saturated rings. The quantitative estimate of drug-likeness (QED) is 0.843. The molecule has 2 rings (SSSR count). The van der Waals surface area contributed by atoms with E-state index < -0.39 is 0 Å². The maximum Gasteiger partial charge on any atom is 0.0726 e. The van der Waals surface area contributed by atoms with Crippen molar-refractivity contribution in [3.8, 4) is 0 Å². The number of nitrogen functional groups attached to an aromatic ring is 1. The highest BCUT2D eigenvalue weighted by molar-refractivity contribution is 6.30. The predicted molar refractivity (Wildman–Crippen MR) is 60.7 cm³/mol. The SMILES string of the molecule is Nc1cnnc(Cc2cccc(Cl)c2)c1. The monoisotopic (exact) mass is 219 g/mol. The summed E-state index contributed by atoms with van der Waals surface area (Å²) in [6, 6.07) is 9.48. The van der Waals surface area contributed by atoms with Crippen molar-refractivity contribution >= 4 is 17.3 Å². The van der Waals surface area contributed by atoms with Crippen LogP contribution in [0.1, 0.15) is 11.3 Å². The molecule has 0 aliphatic rings. The number of anilines is 1. The van der Waals surface area contributed by atoms with Gasteiger partial charge in [-0.2, -0.15) is 10.2 Å². The second-order valence-electron chi connectivity index (χ2n) is 3.29. The lowest BCUT2D eigenvalue weighted by atomic mass is 10.1. The molecule has 0 unspecified atom stereocenters. The zero-order valence-corrected chi connectivity index (χ0v) is 8.78. The summed E-state index contributed by atoms with van der Waals surface area (Å²) >= 11 is 5.88. The van der Waals surface area contributed by atoms with E-state index in [1.54, 1.807) is 0 Å². The second-order valence-corrected chi connectivity index (χ2v) is 3.72. The van der Waals surface area contributed by atoms with Gasteiger partial charge in [0.05, 0.1) is 17.6 Å². The fourth-order valence-electron chi connectivity index (χ4n) is 1.37. The minimum Gasteiger partial charge on any atom is -0.397 e. The van der Waals surface area contributed by atoms with Gasteiger partial charge < -0.3 is 5.73 Å². The highest BCUT2D eigenvalue weighted by atomic mass is 35.5. The third-order valence-corrected chi connectivity index (χ3v) is 2.24. The van der Waals surface area contributed by atoms with Gasteiger partial charge >= 0.3 is 0 Å². The molecule has 0 saturated heterocycles. The van der Waals surface area contributed by atoms with Crippen LogP contribution in [-0.2, 0) is 6.42 Å². The molecule has 2 N–H and O–H groups in total. The maximum absolute atomic E-state index is 5.88. The lowest BCUT2D eigenvalue weighted by Crippen LogP contribution is -1.97. The molecule has 0 amide bonds. The van der Waals surface area contributed by atoms with Crippen molar-refractivity contribution in [1.82, 2.24) is 10.2 Å². The third kappa shape index (κ3) is 2.67. The lowest BCUT2D eigenvalue weighted by Gasteiger charge is -2.01. The zero-order valence-electron chi connectivity index (χ0n) is 8.02. The van der Waals surface area contributed by atoms with E-state index in [0.717, 1.165) is 16.3 Å². The number of aromatic nitrogens is 2. The summed E-state index contributed by atoms with van der Waals surface area (Å²) in [7, 11) is 0. The van der Waals surface area contributed by atoms with E-state index in [1.807, 2.05) is 30.3 Å². The number of nitrogens with two attached hydrogens (primary N) is 1. The molecule has 0 aliphatic carbocycles. The van der Waals surface area contributed by atoms with Gasteiger partial charge in [-0.05, 0) is 23.8 Å². The van der Waals surface area contributed by atoms with E-state index in [9.17, 15) is 0 Å². The number of nitrogens with zero attached hydrogens (tertiary/aromatic N) is 2. The average Bonchev–Trinajstić information content (AvgIpc) is 2.17. The summed E-state index contributed by atoms with van der Waals surface area (Å²) in [6.07, 6.45) is 2.22. The number of halogens is 1. The smallest absolute Gasteiger partial charge is 0.0726 e. The summed E-state index contributed by atoms with van der Waals surface area (Å²) in [6.45, 7) is 0. The Morgan fingerprint density at radius 1 is 1.27 bits per heavy atom. The van der Waals surface area contributed by atoms with Crippen molar-refractivity contribution in [1.29, 1.82) is 0 Å². The molecule has 0 atom stereocenters. The molecular formula is C11H10ClN3. The van der Waals surface area contributed by atoms with Gasteiger partial charge in [-0.25, -0.2) is 0 Å². The Balaban J connectivity index is 2.22. The van der Waals surface area contributed by atoms with E-state index in [4.69, 9.17) is 17.3 Å². The summed E-state index contributed by atoms with van der Waals surface area (Å²) in [5, 5.41) is 8.51. The van der Waals surface area contributed by atoms with Crippen LogP contribution in [-0.4, -0.2) is 10.2 Å². The van der Waals surface area contributed by atoms with Gasteiger partial charge in [0.25, 0.3) is 0 Å². The molecule has 0 saturated carbocycles. The summed E-state index contributed by atoms with van der Waals surface area (Å²) in [5.41, 5.74) is 8.18. The molecule has 1 aromatic carbocycles. The summed E-state index contributed by atoms with van der Waals surface area (Å²) < 4.78 is 0. The van der Waals surface area contributed by atoms with Crippen molar-refractivity contribution in [2.45, 2.75) is 6.42 Å². The molecule has 76 valence electrons. The Morgan fingerprint density at radius 2 is 2.13 bits per heavy atom. The second kappa shape index (κ2) is 4.28. The molecule has 3 nitrogen and oxygen atoms in total. The molecule has 0 aliphatic heterocycles. The van der Waals surface area contributed by atoms with Crippen LogP contribution < -0.4 is 5.73 Å². The number of rotatable bonds is 2. The van der Waals surface area contributed by atoms with Crippen molar-refractivity contribution in [3.63, 3.8) is 0 Å². The van der Waals surface area contributed by atoms with Gasteiger partial charge in [-0.1, -0.05) is 23.7 Å². The molecule has 15 heavy (non-hydrogen) atoms. The first-order valence-corrected chi connectivity index (χ1v) is 4.93. The Bertz CT molecular complexity index is 427. The van der Waals surface area contributed by atoms with Gasteiger partial charge in [0.15, 0.2) is 0 Å². The lowest BCUT2D eigenvalue weighted by molar-refractivity contribution is 0.940. The molecule has 2 aromatic rings. The normalized spacial score (nSPS) is 10.2. The molecular weight excluding hydrogens is 210 g/mol. The van der Waals surface area contributed by atoms with Crippen LogP contribution >= 0.6 is 11.6 Å². The fourth-order valence-corrected chi connectivity index (χ4v) is 1.58. The average molecular weight is 220 g/mol. The van der Waals surface area contributed by atoms with E-state index in [2.05, 4.69) is 10.2 Å². The van der Waals surface area contributed by atoms with Crippen LogP contribution in [0.2, 0.25) is 5.02 Å². The number of benzene rings is 1. The zero-order chi connectivity index (χ0) is 10.7. The first-order valence-electron chi connectivity index (χ1n) is 4.55. The minimum absolute atomic E-state index is 0.627. The largest absolute Gasteiger partial charge is 0.397 e. The van der Waals surface area contributed by atoms with E-state index >= 15 is 0 Å². The molecule has 1 heterocycles. The van der Waals surface area contributed by atoms with E-state index in [1.165, 1.54) is 6.20 Å². The molecule has 1 aromatic heterocycles. The van der Waals surface area contributed by atoms with Crippen LogP contribution in [0.15, 0.2) is 36.5 Å². The Morgan fingerprint density at radius 3 is 2.87 bits per heavy atom. The van der Waals surface area contributed by atoms with Crippen molar-refractivity contribution in [2.24, 2.45) is 0 Å². The summed E-state index contributed by atoms with van der Waals surface area (Å²) in [5.74, 6) is 0. The summed E-state index contributed by atoms with van der Waals surface area (Å²) in [4.78, 5) is 0. The van der Waals surface area contributed by atoms with Crippen LogP contribution in [0.25, 0.3) is 0 Å². The number of hydrogen-bond donors (Lipinski definition) is 1. The van der Waals surface area contributed by atoms with Crippen LogP contribution in [0.3, 0.4) is 0 Å². The van der Waals surface area contributed by atoms with Gasteiger partial charge in [0.1, 0.15) is 0 Å². The minimum atomic E-state index is 0.627. The van der Waals surface area contributed by atoms with Crippen LogP contribution in [0.4, 0.5) is 5.69 Å². The van der Waals surface area contributed by atoms with Crippen molar-refractivity contribution in [3.05, 3.63) is 52.8 Å². The molecule has 0 spiro atoms. The highest BCUT2D eigenvalue weighted by Crippen LogP contribution is 2.14. The standard InChI is InChI=1S/C11H10ClN3/c12-9-3-1-2-8(4-9)5-11-6-10(13)7-14-15-11/h1-4,6-7H,5H2,(H2,13,15). The van der Waals surface area contributed by atoms with Gasteiger partial charge in [0.2, 0.25) is 0 Å². The van der Waals surface area contributed by atoms with Crippen molar-refractivity contribution in [2.75, 3.05) is 5.73 Å². The van der Waals surface area contributed by atoms with Crippen LogP contribution in [0, 0.1) is 0 Å². The number of hydrogen-bond acceptors (Lipinski definition) is 3. The van der Waals surface area contributed by atoms with Gasteiger partial charge in [-0.3, -0.25) is 0 Å². The fraction of sp³-hybridized carbons (Fsp3) is 0.0909. The van der Waals surface area contributed by atoms with Crippen molar-refractivity contribution < 1.29 is 0 Å². The highest BCUT2D eigenvalue weighted by Gasteiger charge is 1.99. The first-order chi connectivity index (χ1) is 7.24. The van der Waals surface area contributed by atoms with Gasteiger partial charge in [-0.15, -0.1) is 0 Å². The van der Waals surface area contributed by atoms with Crippen LogP contribution in [0.5, 0.6) is 0 Å². The Kier molecular flexibility index (Phi) is 2.83. The topological polar surface area (TPSA) is 51.8 Å². The molecule has 0 bridgehead atoms. The van der Waals surface area contributed by atoms with Gasteiger partial charge in [0, 0.05) is 11.4 Å². The molecule has 0 radical (unpaired) electrons. The Hall–Kier alpha value is -1.61. The van der Waals surface area contributed by atoms with E-state index in [0.29, 0.717) is 12.1 Å². The predicted octanol–water partition coefficient (Wildman–Crippen LogP) is 2.30.